The molecule has 100 valence electrons. The van der Waals surface area contributed by atoms with Gasteiger partial charge in [-0.3, -0.25) is 4.79 Å². The molecule has 0 aliphatic carbocycles. The Morgan fingerprint density at radius 3 is 2.65 bits per heavy atom. The zero-order chi connectivity index (χ0) is 14.1. The van der Waals surface area contributed by atoms with Crippen LogP contribution in [-0.2, 0) is 0 Å². The van der Waals surface area contributed by atoms with Gasteiger partial charge in [-0.25, -0.2) is 9.97 Å². The summed E-state index contributed by atoms with van der Waals surface area (Å²) in [5, 5.41) is 3.15. The molecule has 0 fully saturated rings. The second-order valence-electron chi connectivity index (χ2n) is 4.04. The van der Waals surface area contributed by atoms with Gasteiger partial charge in [-0.2, -0.15) is 0 Å². The lowest BCUT2D eigenvalue weighted by Gasteiger charge is -2.02. The predicted octanol–water partition coefficient (Wildman–Crippen LogP) is 3.29. The van der Waals surface area contributed by atoms with Crippen LogP contribution in [0.4, 0.5) is 11.5 Å². The lowest BCUT2D eigenvalue weighted by atomic mass is 10.3. The van der Waals surface area contributed by atoms with Crippen molar-refractivity contribution in [2.75, 3.05) is 11.1 Å². The quantitative estimate of drug-likeness (QED) is 0.744. The molecule has 3 N–H and O–H groups in total. The summed E-state index contributed by atoms with van der Waals surface area (Å²) in [6.07, 6.45) is 0. The topological polar surface area (TPSA) is 80.9 Å². The van der Waals surface area contributed by atoms with E-state index in [-0.39, 0.29) is 5.91 Å². The number of benzene rings is 1. The highest BCUT2D eigenvalue weighted by atomic mass is 79.9. The van der Waals surface area contributed by atoms with Crippen molar-refractivity contribution >= 4 is 55.0 Å². The van der Waals surface area contributed by atoms with Crippen LogP contribution in [0.5, 0.6) is 0 Å². The number of rotatable bonds is 2. The van der Waals surface area contributed by atoms with Gasteiger partial charge in [0, 0.05) is 10.2 Å². The number of nitrogens with one attached hydrogen (secondary N) is 1. The fourth-order valence-corrected chi connectivity index (χ4v) is 2.72. The number of hydrogen-bond donors (Lipinski definition) is 2. The van der Waals surface area contributed by atoms with Crippen LogP contribution in [-0.4, -0.2) is 15.9 Å². The molecule has 1 aromatic carbocycles. The van der Waals surface area contributed by atoms with Crippen molar-refractivity contribution in [3.05, 3.63) is 45.9 Å². The molecular weight excluding hydrogens is 340 g/mol. The standard InChI is InChI=1S/C13H9BrN4OS/c14-7-1-3-8(4-2-7)16-12(19)13-18-11-9(20-13)5-6-10(15)17-11/h1-6H,(H2,15,17)(H,16,19). The number of amides is 1. The number of carbonyl (C=O) groups excluding carboxylic acids is 1. The van der Waals surface area contributed by atoms with Gasteiger partial charge >= 0.3 is 0 Å². The molecule has 0 saturated carbocycles. The average Bonchev–Trinajstić information content (AvgIpc) is 2.84. The van der Waals surface area contributed by atoms with Crippen molar-refractivity contribution in [1.82, 2.24) is 9.97 Å². The lowest BCUT2D eigenvalue weighted by molar-refractivity contribution is 0.102. The number of pyridine rings is 1. The van der Waals surface area contributed by atoms with Crippen molar-refractivity contribution in [3.63, 3.8) is 0 Å². The van der Waals surface area contributed by atoms with Gasteiger partial charge < -0.3 is 11.1 Å². The predicted molar refractivity (Wildman–Crippen MR) is 83.9 cm³/mol. The molecule has 3 aromatic rings. The highest BCUT2D eigenvalue weighted by Crippen LogP contribution is 2.22. The molecule has 0 saturated heterocycles. The molecule has 20 heavy (non-hydrogen) atoms. The van der Waals surface area contributed by atoms with Crippen LogP contribution in [0.25, 0.3) is 10.3 Å². The number of aromatic nitrogens is 2. The zero-order valence-corrected chi connectivity index (χ0v) is 12.5. The van der Waals surface area contributed by atoms with E-state index in [4.69, 9.17) is 5.73 Å². The van der Waals surface area contributed by atoms with Gasteiger partial charge in [0.15, 0.2) is 10.7 Å². The molecule has 0 aliphatic rings. The van der Waals surface area contributed by atoms with Crippen LogP contribution in [0, 0.1) is 0 Å². The van der Waals surface area contributed by atoms with Crippen LogP contribution in [0.2, 0.25) is 0 Å². The first-order valence-electron chi connectivity index (χ1n) is 5.72. The van der Waals surface area contributed by atoms with Gasteiger partial charge in [-0.15, -0.1) is 11.3 Å². The second-order valence-corrected chi connectivity index (χ2v) is 5.98. The Bertz CT molecular complexity index is 785. The fourth-order valence-electron chi connectivity index (χ4n) is 1.65. The minimum Gasteiger partial charge on any atom is -0.384 e. The Balaban J connectivity index is 1.86. The highest BCUT2D eigenvalue weighted by molar-refractivity contribution is 9.10. The molecule has 0 aliphatic heterocycles. The van der Waals surface area contributed by atoms with Gasteiger partial charge in [0.1, 0.15) is 5.82 Å². The summed E-state index contributed by atoms with van der Waals surface area (Å²) in [7, 11) is 0. The Kier molecular flexibility index (Phi) is 3.37. The first kappa shape index (κ1) is 13.0. The molecule has 0 bridgehead atoms. The van der Waals surface area contributed by atoms with E-state index >= 15 is 0 Å². The van der Waals surface area contributed by atoms with Crippen molar-refractivity contribution in [2.24, 2.45) is 0 Å². The fraction of sp³-hybridized carbons (Fsp3) is 0. The molecular formula is C13H9BrN4OS. The molecule has 1 amide bonds. The summed E-state index contributed by atoms with van der Waals surface area (Å²) < 4.78 is 1.79. The molecule has 5 nitrogen and oxygen atoms in total. The van der Waals surface area contributed by atoms with E-state index in [1.54, 1.807) is 6.07 Å². The van der Waals surface area contributed by atoms with E-state index in [1.165, 1.54) is 11.3 Å². The van der Waals surface area contributed by atoms with Gasteiger partial charge in [0.25, 0.3) is 5.91 Å². The maximum absolute atomic E-state index is 12.1. The Morgan fingerprint density at radius 2 is 1.90 bits per heavy atom. The second kappa shape index (κ2) is 5.18. The molecule has 2 heterocycles. The van der Waals surface area contributed by atoms with Crippen LogP contribution in [0.1, 0.15) is 9.80 Å². The summed E-state index contributed by atoms with van der Waals surface area (Å²) in [4.78, 5) is 20.4. The maximum atomic E-state index is 12.1. The summed E-state index contributed by atoms with van der Waals surface area (Å²) in [6, 6.07) is 10.8. The lowest BCUT2D eigenvalue weighted by Crippen LogP contribution is -2.11. The number of halogens is 1. The van der Waals surface area contributed by atoms with Crippen LogP contribution in [0.3, 0.4) is 0 Å². The third-order valence-electron chi connectivity index (χ3n) is 2.57. The number of anilines is 2. The van der Waals surface area contributed by atoms with E-state index in [1.807, 2.05) is 30.3 Å². The van der Waals surface area contributed by atoms with E-state index in [9.17, 15) is 4.79 Å². The van der Waals surface area contributed by atoms with Crippen LogP contribution in [0.15, 0.2) is 40.9 Å². The third-order valence-corrected chi connectivity index (χ3v) is 4.11. The monoisotopic (exact) mass is 348 g/mol. The normalized spacial score (nSPS) is 10.7. The van der Waals surface area contributed by atoms with Gasteiger partial charge in [0.2, 0.25) is 0 Å². The van der Waals surface area contributed by atoms with E-state index in [0.717, 1.165) is 9.17 Å². The van der Waals surface area contributed by atoms with Crippen molar-refractivity contribution in [1.29, 1.82) is 0 Å². The highest BCUT2D eigenvalue weighted by Gasteiger charge is 2.13. The largest absolute Gasteiger partial charge is 0.384 e. The smallest absolute Gasteiger partial charge is 0.284 e. The average molecular weight is 349 g/mol. The minimum atomic E-state index is -0.256. The molecule has 0 unspecified atom stereocenters. The molecule has 7 heteroatoms. The van der Waals surface area contributed by atoms with Gasteiger partial charge in [0.05, 0.1) is 4.70 Å². The SMILES string of the molecule is Nc1ccc2sc(C(=O)Nc3ccc(Br)cc3)nc2n1. The summed E-state index contributed by atoms with van der Waals surface area (Å²) in [5.74, 6) is 0.136. The van der Waals surface area contributed by atoms with Gasteiger partial charge in [-0.05, 0) is 36.4 Å². The molecule has 0 atom stereocenters. The number of nitrogens with zero attached hydrogens (tertiary/aromatic N) is 2. The number of fused-ring (bicyclic) bond motifs is 1. The van der Waals surface area contributed by atoms with Crippen molar-refractivity contribution in [3.8, 4) is 0 Å². The summed E-state index contributed by atoms with van der Waals surface area (Å²) in [5.41, 5.74) is 6.80. The Labute approximate surface area is 127 Å². The van der Waals surface area contributed by atoms with Crippen LogP contribution >= 0.6 is 27.3 Å². The van der Waals surface area contributed by atoms with Crippen LogP contribution < -0.4 is 11.1 Å². The van der Waals surface area contributed by atoms with E-state index < -0.39 is 0 Å². The van der Waals surface area contributed by atoms with Crippen molar-refractivity contribution in [2.45, 2.75) is 0 Å². The summed E-state index contributed by atoms with van der Waals surface area (Å²) >= 11 is 4.63. The van der Waals surface area contributed by atoms with Gasteiger partial charge in [-0.1, -0.05) is 15.9 Å². The first-order valence-corrected chi connectivity index (χ1v) is 7.33. The molecule has 0 radical (unpaired) electrons. The minimum absolute atomic E-state index is 0.256. The number of hydrogen-bond acceptors (Lipinski definition) is 5. The number of nitrogen functional groups attached to an aromatic ring is 1. The van der Waals surface area contributed by atoms with E-state index in [0.29, 0.717) is 22.2 Å². The van der Waals surface area contributed by atoms with Crippen molar-refractivity contribution < 1.29 is 4.79 Å². The Hall–Kier alpha value is -1.99. The first-order chi connectivity index (χ1) is 9.61. The molecule has 3 rings (SSSR count). The van der Waals surface area contributed by atoms with E-state index in [2.05, 4.69) is 31.2 Å². The third kappa shape index (κ3) is 2.63. The maximum Gasteiger partial charge on any atom is 0.284 e. The molecule has 0 spiro atoms. The zero-order valence-electron chi connectivity index (χ0n) is 10.1. The number of carbonyl (C=O) groups is 1. The Morgan fingerprint density at radius 1 is 1.15 bits per heavy atom. The summed E-state index contributed by atoms with van der Waals surface area (Å²) in [6.45, 7) is 0. The number of thiazole rings is 1. The number of nitrogens with two attached hydrogens (primary N) is 1. The molecule has 2 aromatic heterocycles.